The summed E-state index contributed by atoms with van der Waals surface area (Å²) in [6.45, 7) is 0.497. The van der Waals surface area contributed by atoms with Gasteiger partial charge < -0.3 is 14.4 Å². The van der Waals surface area contributed by atoms with E-state index >= 15 is 0 Å². The number of likely N-dealkylation sites (tertiary alicyclic amines) is 1. The number of piperidine rings is 1. The third-order valence-electron chi connectivity index (χ3n) is 2.51. The van der Waals surface area contributed by atoms with Crippen LogP contribution in [0.1, 0.15) is 12.8 Å². The van der Waals surface area contributed by atoms with Crippen molar-refractivity contribution in [3.8, 4) is 0 Å². The zero-order valence-electron chi connectivity index (χ0n) is 8.11. The van der Waals surface area contributed by atoms with Crippen molar-refractivity contribution in [1.29, 1.82) is 0 Å². The Balaban J connectivity index is 2.46. The molecular weight excluding hydrogens is 189 g/mol. The Labute approximate surface area is 82.0 Å². The average molecular weight is 203 g/mol. The quantitative estimate of drug-likeness (QED) is 0.629. The predicted molar refractivity (Wildman–Crippen MR) is 47.7 cm³/mol. The number of ether oxygens (including phenoxy) is 1. The normalized spacial score (nSPS) is 27.1. The number of halogens is 1. The number of hydrogen-bond donors (Lipinski definition) is 0. The summed E-state index contributed by atoms with van der Waals surface area (Å²) in [4.78, 5) is 22.6. The summed E-state index contributed by atoms with van der Waals surface area (Å²) in [7, 11) is 1.27. The molecule has 4 nitrogen and oxygen atoms in total. The number of methoxy groups -OCH3 is 1. The van der Waals surface area contributed by atoms with E-state index in [0.717, 1.165) is 6.29 Å². The van der Waals surface area contributed by atoms with Gasteiger partial charge in [-0.05, 0) is 6.42 Å². The second-order valence-electron chi connectivity index (χ2n) is 3.38. The molecule has 80 valence electrons. The summed E-state index contributed by atoms with van der Waals surface area (Å²) in [6.07, 6.45) is -0.138. The van der Waals surface area contributed by atoms with Crippen LogP contribution >= 0.6 is 0 Å². The van der Waals surface area contributed by atoms with E-state index in [-0.39, 0.29) is 18.9 Å². The molecule has 0 spiro atoms. The van der Waals surface area contributed by atoms with E-state index in [1.54, 1.807) is 0 Å². The van der Waals surface area contributed by atoms with Gasteiger partial charge in [-0.3, -0.25) is 0 Å². The highest BCUT2D eigenvalue weighted by Gasteiger charge is 2.31. The molecule has 1 heterocycles. The van der Waals surface area contributed by atoms with Gasteiger partial charge in [-0.15, -0.1) is 0 Å². The van der Waals surface area contributed by atoms with E-state index in [1.165, 1.54) is 12.0 Å². The molecule has 1 amide bonds. The van der Waals surface area contributed by atoms with Crippen molar-refractivity contribution in [2.24, 2.45) is 5.92 Å². The number of carbonyl (C=O) groups excluding carboxylic acids is 2. The van der Waals surface area contributed by atoms with Crippen LogP contribution in [0.4, 0.5) is 9.18 Å². The van der Waals surface area contributed by atoms with Crippen LogP contribution in [-0.4, -0.2) is 43.7 Å². The third kappa shape index (κ3) is 2.43. The Morgan fingerprint density at radius 1 is 1.71 bits per heavy atom. The Hall–Kier alpha value is -1.13. The van der Waals surface area contributed by atoms with Gasteiger partial charge in [-0.25, -0.2) is 9.18 Å². The molecular formula is C9H14FNO3. The molecule has 2 unspecified atom stereocenters. The average Bonchev–Trinajstić information content (AvgIpc) is 2.20. The molecule has 0 bridgehead atoms. The maximum atomic E-state index is 13.4. The maximum Gasteiger partial charge on any atom is 0.409 e. The van der Waals surface area contributed by atoms with Gasteiger partial charge in [0.1, 0.15) is 12.5 Å². The minimum Gasteiger partial charge on any atom is -0.453 e. The second-order valence-corrected chi connectivity index (χ2v) is 3.38. The highest BCUT2D eigenvalue weighted by atomic mass is 19.1. The van der Waals surface area contributed by atoms with Crippen LogP contribution in [0.2, 0.25) is 0 Å². The molecule has 1 rings (SSSR count). The molecule has 2 atom stereocenters. The monoisotopic (exact) mass is 203 g/mol. The highest BCUT2D eigenvalue weighted by molar-refractivity contribution is 5.67. The fraction of sp³-hybridized carbons (Fsp3) is 0.778. The molecule has 0 N–H and O–H groups in total. The van der Waals surface area contributed by atoms with E-state index in [1.807, 2.05) is 0 Å². The molecule has 14 heavy (non-hydrogen) atoms. The molecule has 0 saturated carbocycles. The molecule has 0 radical (unpaired) electrons. The van der Waals surface area contributed by atoms with Gasteiger partial charge in [0.25, 0.3) is 0 Å². The molecule has 0 aliphatic carbocycles. The van der Waals surface area contributed by atoms with Crippen molar-refractivity contribution in [3.63, 3.8) is 0 Å². The molecule has 0 aromatic carbocycles. The highest BCUT2D eigenvalue weighted by Crippen LogP contribution is 2.23. The van der Waals surface area contributed by atoms with Crippen molar-refractivity contribution in [2.45, 2.75) is 19.0 Å². The van der Waals surface area contributed by atoms with Gasteiger partial charge in [0, 0.05) is 18.9 Å². The van der Waals surface area contributed by atoms with Crippen molar-refractivity contribution in [1.82, 2.24) is 4.90 Å². The lowest BCUT2D eigenvalue weighted by Gasteiger charge is -2.32. The Kier molecular flexibility index (Phi) is 3.85. The molecule has 1 saturated heterocycles. The van der Waals surface area contributed by atoms with E-state index < -0.39 is 12.3 Å². The van der Waals surface area contributed by atoms with E-state index in [0.29, 0.717) is 13.0 Å². The smallest absolute Gasteiger partial charge is 0.409 e. The summed E-state index contributed by atoms with van der Waals surface area (Å²) in [5, 5.41) is 0. The summed E-state index contributed by atoms with van der Waals surface area (Å²) in [5.41, 5.74) is 0. The predicted octanol–water partition coefficient (Wildman–Crippen LogP) is 1.00. The molecule has 1 aliphatic heterocycles. The molecule has 1 aliphatic rings. The van der Waals surface area contributed by atoms with Crippen LogP contribution in [-0.2, 0) is 9.53 Å². The summed E-state index contributed by atoms with van der Waals surface area (Å²) < 4.78 is 17.9. The lowest BCUT2D eigenvalue weighted by atomic mass is 9.93. The Morgan fingerprint density at radius 3 is 2.93 bits per heavy atom. The Morgan fingerprint density at radius 2 is 2.43 bits per heavy atom. The zero-order chi connectivity index (χ0) is 10.6. The van der Waals surface area contributed by atoms with Gasteiger partial charge in [-0.2, -0.15) is 0 Å². The minimum absolute atomic E-state index is 0.0329. The molecule has 5 heteroatoms. The van der Waals surface area contributed by atoms with Crippen LogP contribution in [0.5, 0.6) is 0 Å². The van der Waals surface area contributed by atoms with Gasteiger partial charge in [0.2, 0.25) is 0 Å². The number of nitrogens with zero attached hydrogens (tertiary/aromatic N) is 1. The van der Waals surface area contributed by atoms with E-state index in [4.69, 9.17) is 0 Å². The lowest BCUT2D eigenvalue weighted by molar-refractivity contribution is -0.109. The number of amides is 1. The Bertz CT molecular complexity index is 222. The van der Waals surface area contributed by atoms with Crippen LogP contribution in [0.3, 0.4) is 0 Å². The van der Waals surface area contributed by atoms with Crippen LogP contribution in [0.25, 0.3) is 0 Å². The number of aldehydes is 1. The van der Waals surface area contributed by atoms with Gasteiger partial charge in [0.05, 0.1) is 13.7 Å². The summed E-state index contributed by atoms with van der Waals surface area (Å²) in [5.74, 6) is -0.242. The van der Waals surface area contributed by atoms with Crippen LogP contribution in [0.15, 0.2) is 0 Å². The van der Waals surface area contributed by atoms with Gasteiger partial charge in [-0.1, -0.05) is 0 Å². The first kappa shape index (κ1) is 10.9. The second kappa shape index (κ2) is 4.93. The van der Waals surface area contributed by atoms with Gasteiger partial charge in [0.15, 0.2) is 0 Å². The first-order chi connectivity index (χ1) is 6.69. The number of carbonyl (C=O) groups is 2. The molecule has 0 aromatic rings. The fourth-order valence-corrected chi connectivity index (χ4v) is 1.64. The first-order valence-electron chi connectivity index (χ1n) is 4.59. The molecule has 0 aromatic heterocycles. The van der Waals surface area contributed by atoms with Crippen molar-refractivity contribution in [3.05, 3.63) is 0 Å². The van der Waals surface area contributed by atoms with Crippen LogP contribution in [0, 0.1) is 5.92 Å². The summed E-state index contributed by atoms with van der Waals surface area (Å²) in [6, 6.07) is 0. The minimum atomic E-state index is -1.12. The van der Waals surface area contributed by atoms with Crippen molar-refractivity contribution in [2.75, 3.05) is 20.2 Å². The number of rotatable bonds is 2. The van der Waals surface area contributed by atoms with E-state index in [2.05, 4.69) is 4.74 Å². The number of alkyl halides is 1. The number of hydrogen-bond acceptors (Lipinski definition) is 3. The molecule has 1 fully saturated rings. The van der Waals surface area contributed by atoms with E-state index in [9.17, 15) is 14.0 Å². The van der Waals surface area contributed by atoms with Crippen molar-refractivity contribution >= 4 is 12.4 Å². The van der Waals surface area contributed by atoms with Crippen LogP contribution < -0.4 is 0 Å². The zero-order valence-corrected chi connectivity index (χ0v) is 8.11. The standard InChI is InChI=1S/C9H14FNO3/c1-14-9(13)11-4-2-7(3-5-12)8(10)6-11/h5,7-8H,2-4,6H2,1H3. The van der Waals surface area contributed by atoms with Gasteiger partial charge >= 0.3 is 6.09 Å². The SMILES string of the molecule is COC(=O)N1CCC(CC=O)C(F)C1. The third-order valence-corrected chi connectivity index (χ3v) is 2.51. The fourth-order valence-electron chi connectivity index (χ4n) is 1.64. The first-order valence-corrected chi connectivity index (χ1v) is 4.59. The summed E-state index contributed by atoms with van der Waals surface area (Å²) >= 11 is 0. The largest absolute Gasteiger partial charge is 0.453 e. The van der Waals surface area contributed by atoms with Crippen molar-refractivity contribution < 1.29 is 18.7 Å². The lowest BCUT2D eigenvalue weighted by Crippen LogP contribution is -2.45. The topological polar surface area (TPSA) is 46.6 Å². The maximum absolute atomic E-state index is 13.4.